The zero-order valence-corrected chi connectivity index (χ0v) is 15.9. The van der Waals surface area contributed by atoms with Crippen LogP contribution in [0.3, 0.4) is 0 Å². The number of benzene rings is 1. The summed E-state index contributed by atoms with van der Waals surface area (Å²) in [5.74, 6) is 1.91. The molecule has 1 fully saturated rings. The van der Waals surface area contributed by atoms with Gasteiger partial charge in [-0.1, -0.05) is 26.8 Å². The normalized spacial score (nSPS) is 22.9. The van der Waals surface area contributed by atoms with Gasteiger partial charge in [0.2, 0.25) is 0 Å². The predicted octanol–water partition coefficient (Wildman–Crippen LogP) is 4.52. The lowest BCUT2D eigenvalue weighted by Gasteiger charge is -2.39. The fourth-order valence-electron chi connectivity index (χ4n) is 2.67. The van der Waals surface area contributed by atoms with Gasteiger partial charge in [-0.3, -0.25) is 0 Å². The van der Waals surface area contributed by atoms with Gasteiger partial charge >= 0.3 is 0 Å². The molecule has 1 aliphatic rings. The quantitative estimate of drug-likeness (QED) is 0.819. The minimum absolute atomic E-state index is 0.588. The lowest BCUT2D eigenvalue weighted by Crippen LogP contribution is -2.44. The molecule has 1 aromatic rings. The number of rotatable bonds is 5. The highest BCUT2D eigenvalue weighted by molar-refractivity contribution is 9.10. The van der Waals surface area contributed by atoms with E-state index >= 15 is 0 Å². The van der Waals surface area contributed by atoms with Crippen LogP contribution < -0.4 is 10.2 Å². The first-order valence-corrected chi connectivity index (χ1v) is 9.70. The van der Waals surface area contributed by atoms with E-state index in [0.717, 1.165) is 19.6 Å². The fourth-order valence-corrected chi connectivity index (χ4v) is 4.42. The van der Waals surface area contributed by atoms with E-state index in [1.807, 2.05) is 0 Å². The van der Waals surface area contributed by atoms with Crippen molar-refractivity contribution in [1.29, 1.82) is 0 Å². The van der Waals surface area contributed by atoms with Gasteiger partial charge in [-0.05, 0) is 53.0 Å². The van der Waals surface area contributed by atoms with E-state index in [-0.39, 0.29) is 0 Å². The van der Waals surface area contributed by atoms with Crippen LogP contribution in [0.15, 0.2) is 22.7 Å². The number of thioether (sulfide) groups is 1. The standard InChI is InChI=1S/C17H27BrN2S/c1-12(2)10-19-11-15-5-6-17(16(18)9-15)20-7-8-21-14(4)13(20)3/h5-6,9,12-14,19H,7-8,10-11H2,1-4H3. The van der Waals surface area contributed by atoms with E-state index < -0.39 is 0 Å². The van der Waals surface area contributed by atoms with Gasteiger partial charge < -0.3 is 10.2 Å². The van der Waals surface area contributed by atoms with Gasteiger partial charge in [-0.2, -0.15) is 11.8 Å². The van der Waals surface area contributed by atoms with Crippen molar-refractivity contribution in [3.8, 4) is 0 Å². The van der Waals surface area contributed by atoms with Crippen molar-refractivity contribution in [2.45, 2.75) is 45.5 Å². The lowest BCUT2D eigenvalue weighted by molar-refractivity contribution is 0.552. The van der Waals surface area contributed by atoms with Gasteiger partial charge in [0.25, 0.3) is 0 Å². The smallest absolute Gasteiger partial charge is 0.0513 e. The highest BCUT2D eigenvalue weighted by Gasteiger charge is 2.26. The maximum atomic E-state index is 3.77. The molecule has 0 radical (unpaired) electrons. The molecule has 21 heavy (non-hydrogen) atoms. The van der Waals surface area contributed by atoms with Crippen molar-refractivity contribution in [2.24, 2.45) is 5.92 Å². The Morgan fingerprint density at radius 2 is 2.14 bits per heavy atom. The maximum absolute atomic E-state index is 3.77. The topological polar surface area (TPSA) is 15.3 Å². The second kappa shape index (κ2) is 7.89. The minimum atomic E-state index is 0.588. The van der Waals surface area contributed by atoms with E-state index in [4.69, 9.17) is 0 Å². The molecule has 2 rings (SSSR count). The van der Waals surface area contributed by atoms with Crippen molar-refractivity contribution in [1.82, 2.24) is 5.32 Å². The molecule has 0 aliphatic carbocycles. The van der Waals surface area contributed by atoms with E-state index in [1.165, 1.54) is 21.5 Å². The summed E-state index contributed by atoms with van der Waals surface area (Å²) < 4.78 is 1.22. The van der Waals surface area contributed by atoms with Crippen LogP contribution in [0.2, 0.25) is 0 Å². The van der Waals surface area contributed by atoms with Crippen LogP contribution in [0.25, 0.3) is 0 Å². The predicted molar refractivity (Wildman–Crippen MR) is 99.4 cm³/mol. The van der Waals surface area contributed by atoms with Gasteiger partial charge in [0, 0.05) is 34.6 Å². The number of nitrogens with zero attached hydrogens (tertiary/aromatic N) is 1. The second-order valence-corrected chi connectivity index (χ2v) is 8.66. The lowest BCUT2D eigenvalue weighted by atomic mass is 10.1. The third-order valence-corrected chi connectivity index (χ3v) is 6.06. The number of halogens is 1. The van der Waals surface area contributed by atoms with Crippen molar-refractivity contribution in [2.75, 3.05) is 23.7 Å². The van der Waals surface area contributed by atoms with E-state index in [2.05, 4.69) is 83.8 Å². The number of nitrogens with one attached hydrogen (secondary N) is 1. The zero-order valence-electron chi connectivity index (χ0n) is 13.5. The summed E-state index contributed by atoms with van der Waals surface area (Å²) >= 11 is 5.86. The number of hydrogen-bond donors (Lipinski definition) is 1. The first kappa shape index (κ1) is 17.2. The SMILES string of the molecule is CC(C)CNCc1ccc(N2CCSC(C)C2C)c(Br)c1. The zero-order chi connectivity index (χ0) is 15.4. The Morgan fingerprint density at radius 3 is 2.81 bits per heavy atom. The number of hydrogen-bond acceptors (Lipinski definition) is 3. The summed E-state index contributed by atoms with van der Waals surface area (Å²) in [7, 11) is 0. The molecule has 1 aromatic carbocycles. The van der Waals surface area contributed by atoms with Crippen molar-refractivity contribution in [3.63, 3.8) is 0 Å². The van der Waals surface area contributed by atoms with Crippen LogP contribution in [-0.4, -0.2) is 30.1 Å². The highest BCUT2D eigenvalue weighted by Crippen LogP contribution is 2.34. The summed E-state index contributed by atoms with van der Waals surface area (Å²) in [6.45, 7) is 12.3. The summed E-state index contributed by atoms with van der Waals surface area (Å²) in [5, 5.41) is 4.20. The Bertz CT molecular complexity index is 464. The molecule has 2 nitrogen and oxygen atoms in total. The summed E-state index contributed by atoms with van der Waals surface area (Å²) in [6, 6.07) is 7.38. The Balaban J connectivity index is 2.05. The first-order valence-electron chi connectivity index (χ1n) is 7.86. The third-order valence-electron chi connectivity index (χ3n) is 4.09. The molecule has 118 valence electrons. The molecule has 0 amide bonds. The molecule has 0 aromatic heterocycles. The van der Waals surface area contributed by atoms with Gasteiger partial charge in [0.1, 0.15) is 0 Å². The Kier molecular flexibility index (Phi) is 6.45. The first-order chi connectivity index (χ1) is 9.99. The molecule has 0 bridgehead atoms. The summed E-state index contributed by atoms with van der Waals surface area (Å²) in [6.07, 6.45) is 0. The van der Waals surface area contributed by atoms with Gasteiger partial charge in [-0.25, -0.2) is 0 Å². The molecule has 2 atom stereocenters. The van der Waals surface area contributed by atoms with Crippen molar-refractivity contribution >= 4 is 33.4 Å². The molecule has 2 unspecified atom stereocenters. The highest BCUT2D eigenvalue weighted by atomic mass is 79.9. The van der Waals surface area contributed by atoms with Crippen LogP contribution in [-0.2, 0) is 6.54 Å². The van der Waals surface area contributed by atoms with Crippen LogP contribution in [0.5, 0.6) is 0 Å². The van der Waals surface area contributed by atoms with Crippen molar-refractivity contribution in [3.05, 3.63) is 28.2 Å². The summed E-state index contributed by atoms with van der Waals surface area (Å²) in [5.41, 5.74) is 2.68. The minimum Gasteiger partial charge on any atom is -0.366 e. The average Bonchev–Trinajstić information content (AvgIpc) is 2.42. The van der Waals surface area contributed by atoms with E-state index in [0.29, 0.717) is 17.2 Å². The molecule has 1 N–H and O–H groups in total. The van der Waals surface area contributed by atoms with Gasteiger partial charge in [0.05, 0.1) is 5.69 Å². The second-order valence-electron chi connectivity index (χ2n) is 6.32. The largest absolute Gasteiger partial charge is 0.366 e. The Morgan fingerprint density at radius 1 is 1.38 bits per heavy atom. The van der Waals surface area contributed by atoms with Gasteiger partial charge in [-0.15, -0.1) is 0 Å². The molecular weight excluding hydrogens is 344 g/mol. The number of anilines is 1. The van der Waals surface area contributed by atoms with Crippen LogP contribution >= 0.6 is 27.7 Å². The Hall–Kier alpha value is -0.190. The monoisotopic (exact) mass is 370 g/mol. The fraction of sp³-hybridized carbons (Fsp3) is 0.647. The molecule has 1 saturated heterocycles. The van der Waals surface area contributed by atoms with E-state index in [9.17, 15) is 0 Å². The summed E-state index contributed by atoms with van der Waals surface area (Å²) in [4.78, 5) is 2.54. The molecule has 1 aliphatic heterocycles. The Labute approximate surface area is 142 Å². The maximum Gasteiger partial charge on any atom is 0.0513 e. The van der Waals surface area contributed by atoms with Crippen molar-refractivity contribution < 1.29 is 0 Å². The van der Waals surface area contributed by atoms with E-state index in [1.54, 1.807) is 0 Å². The average molecular weight is 371 g/mol. The molecule has 0 spiro atoms. The molecule has 0 saturated carbocycles. The molecule has 1 heterocycles. The van der Waals surface area contributed by atoms with Crippen LogP contribution in [0.4, 0.5) is 5.69 Å². The third kappa shape index (κ3) is 4.64. The van der Waals surface area contributed by atoms with Crippen LogP contribution in [0.1, 0.15) is 33.3 Å². The molecular formula is C17H27BrN2S. The van der Waals surface area contributed by atoms with Crippen LogP contribution in [0, 0.1) is 5.92 Å². The van der Waals surface area contributed by atoms with Gasteiger partial charge in [0.15, 0.2) is 0 Å². The molecule has 4 heteroatoms.